The van der Waals surface area contributed by atoms with Crippen molar-refractivity contribution in [1.29, 1.82) is 0 Å². The molecule has 0 bridgehead atoms. The zero-order valence-electron chi connectivity index (χ0n) is 37.0. The van der Waals surface area contributed by atoms with Gasteiger partial charge < -0.3 is 19.3 Å². The maximum absolute atomic E-state index is 10.3. The molecule has 11 heteroatoms. The van der Waals surface area contributed by atoms with Gasteiger partial charge >= 0.3 is 0 Å². The van der Waals surface area contributed by atoms with Crippen molar-refractivity contribution >= 4 is 28.4 Å². The van der Waals surface area contributed by atoms with Gasteiger partial charge in [0.1, 0.15) is 28.9 Å². The Hall–Kier alpha value is -6.04. The van der Waals surface area contributed by atoms with Crippen LogP contribution in [0.3, 0.4) is 0 Å². The Labute approximate surface area is 379 Å². The average molecular weight is 869 g/mol. The number of phenolic OH excluding ortho intramolecular Hbond substituents is 1. The highest BCUT2D eigenvalue weighted by Crippen LogP contribution is 2.47. The van der Waals surface area contributed by atoms with Gasteiger partial charge in [-0.1, -0.05) is 60.7 Å². The molecule has 2 fully saturated rings. The quantitative estimate of drug-likeness (QED) is 0.153. The number of piperidine rings is 1. The minimum atomic E-state index is -0.280. The van der Waals surface area contributed by atoms with Crippen molar-refractivity contribution in [2.24, 2.45) is 10.9 Å². The third-order valence-corrected chi connectivity index (χ3v) is 15.7. The monoisotopic (exact) mass is 868 g/mol. The molecule has 3 aromatic heterocycles. The predicted molar refractivity (Wildman–Crippen MR) is 256 cm³/mol. The van der Waals surface area contributed by atoms with E-state index in [0.717, 1.165) is 91.5 Å². The molecule has 0 radical (unpaired) electrons. The molecular weight excluding hydrogens is 813 g/mol. The lowest BCUT2D eigenvalue weighted by Gasteiger charge is -2.40. The van der Waals surface area contributed by atoms with Gasteiger partial charge in [-0.15, -0.1) is 21.5 Å². The van der Waals surface area contributed by atoms with E-state index in [1.54, 1.807) is 23.8 Å². The molecule has 10 nitrogen and oxygen atoms in total. The first-order chi connectivity index (χ1) is 31.3. The van der Waals surface area contributed by atoms with E-state index in [4.69, 9.17) is 9.41 Å². The SMILES string of the molecule is Cc1sc2c(c1C)C(c1ccc(N3CCN(CC4CCN(c5ccc(C6c7ccc(O)cc7CCC6c6ccccc6)cc5)CC4)CC3)cc1)=N[C@H](Cc1ncco1)c1nnc(C)n1-2. The fourth-order valence-corrected chi connectivity index (χ4v) is 12.2. The maximum atomic E-state index is 10.3. The standard InChI is InChI=1S/C53H56N8O2S/c1-34-35(2)64-53-49(34)51(55-47(32-48-54-23-30-63-48)52-57-56-36(3)61(52)53)40-11-16-43(17-12-40)60-28-26-58(27-29-60)33-37-21-24-59(25-22-37)42-14-9-39(10-15-42)50-45(38-7-5-4-6-8-38)19-13-41-31-44(62)18-20-46(41)50/h4-12,14-18,20,23,30-31,37,45,47,50,62H,13,19,21-22,24-29,32-33H2,1-3H3/t45?,47-,50?/m1/s1. The normalized spacial score (nSPS) is 20.4. The smallest absolute Gasteiger partial charge is 0.196 e. The summed E-state index contributed by atoms with van der Waals surface area (Å²) in [7, 11) is 0. The number of aryl methyl sites for hydroxylation is 3. The number of piperazine rings is 1. The zero-order valence-corrected chi connectivity index (χ0v) is 37.8. The summed E-state index contributed by atoms with van der Waals surface area (Å²) in [5.74, 6) is 4.10. The van der Waals surface area contributed by atoms with Gasteiger partial charge in [-0.25, -0.2) is 4.98 Å². The molecule has 3 atom stereocenters. The Morgan fingerprint density at radius 2 is 1.50 bits per heavy atom. The van der Waals surface area contributed by atoms with Crippen molar-refractivity contribution < 1.29 is 9.52 Å². The summed E-state index contributed by atoms with van der Waals surface area (Å²) < 4.78 is 7.87. The van der Waals surface area contributed by atoms with E-state index in [1.165, 1.54) is 63.5 Å². The van der Waals surface area contributed by atoms with Gasteiger partial charge in [0.15, 0.2) is 11.7 Å². The molecule has 326 valence electrons. The predicted octanol–water partition coefficient (Wildman–Crippen LogP) is 9.98. The molecule has 4 aromatic carbocycles. The number of anilines is 2. The summed E-state index contributed by atoms with van der Waals surface area (Å²) in [5.41, 5.74) is 12.5. The molecule has 1 N–H and O–H groups in total. The van der Waals surface area contributed by atoms with Crippen LogP contribution < -0.4 is 9.80 Å². The molecule has 1 aliphatic carbocycles. The van der Waals surface area contributed by atoms with Crippen LogP contribution in [0, 0.1) is 26.7 Å². The van der Waals surface area contributed by atoms with Crippen LogP contribution in [0.4, 0.5) is 11.4 Å². The van der Waals surface area contributed by atoms with Crippen LogP contribution in [-0.4, -0.2) is 81.3 Å². The van der Waals surface area contributed by atoms with E-state index in [1.807, 2.05) is 19.1 Å². The van der Waals surface area contributed by atoms with E-state index in [0.29, 0.717) is 24.0 Å². The molecule has 0 spiro atoms. The lowest BCUT2D eigenvalue weighted by atomic mass is 9.69. The Kier molecular flexibility index (Phi) is 10.9. The highest BCUT2D eigenvalue weighted by atomic mass is 32.1. The molecule has 7 aromatic rings. The van der Waals surface area contributed by atoms with Crippen molar-refractivity contribution in [3.05, 3.63) is 171 Å². The Balaban J connectivity index is 0.717. The number of aromatic hydroxyl groups is 1. The third kappa shape index (κ3) is 7.72. The number of thiophene rings is 1. The van der Waals surface area contributed by atoms with E-state index < -0.39 is 0 Å². The summed E-state index contributed by atoms with van der Waals surface area (Å²) in [6, 6.07) is 35.2. The molecule has 0 saturated carbocycles. The highest BCUT2D eigenvalue weighted by Gasteiger charge is 2.34. The second kappa shape index (κ2) is 17.2. The van der Waals surface area contributed by atoms with E-state index in [-0.39, 0.29) is 12.0 Å². The summed E-state index contributed by atoms with van der Waals surface area (Å²) >= 11 is 1.78. The Morgan fingerprint density at radius 3 is 2.23 bits per heavy atom. The van der Waals surface area contributed by atoms with Crippen LogP contribution in [0.25, 0.3) is 5.00 Å². The van der Waals surface area contributed by atoms with Crippen molar-refractivity contribution in [3.63, 3.8) is 0 Å². The van der Waals surface area contributed by atoms with Gasteiger partial charge in [0.2, 0.25) is 0 Å². The summed E-state index contributed by atoms with van der Waals surface area (Å²) in [6.07, 6.45) is 8.34. The molecular formula is C53H56N8O2S. The average Bonchev–Trinajstić information content (AvgIpc) is 4.04. The molecule has 2 saturated heterocycles. The number of nitrogens with zero attached hydrogens (tertiary/aromatic N) is 8. The molecule has 0 amide bonds. The number of rotatable bonds is 9. The summed E-state index contributed by atoms with van der Waals surface area (Å²) in [6.45, 7) is 14.0. The second-order valence-corrected chi connectivity index (χ2v) is 19.5. The number of hydrogen-bond acceptors (Lipinski definition) is 10. The molecule has 64 heavy (non-hydrogen) atoms. The first-order valence-corrected chi connectivity index (χ1v) is 23.9. The largest absolute Gasteiger partial charge is 0.508 e. The Morgan fingerprint density at radius 1 is 0.766 bits per heavy atom. The summed E-state index contributed by atoms with van der Waals surface area (Å²) in [4.78, 5) is 19.0. The third-order valence-electron chi connectivity index (χ3n) is 14.5. The fraction of sp³-hybridized carbons (Fsp3) is 0.358. The Bertz CT molecular complexity index is 2760. The van der Waals surface area contributed by atoms with Crippen LogP contribution in [-0.2, 0) is 12.8 Å². The van der Waals surface area contributed by atoms with E-state index >= 15 is 0 Å². The van der Waals surface area contributed by atoms with Gasteiger partial charge in [-0.05, 0) is 123 Å². The van der Waals surface area contributed by atoms with Crippen LogP contribution in [0.15, 0.2) is 119 Å². The minimum Gasteiger partial charge on any atom is -0.508 e. The number of aromatic nitrogens is 4. The molecule has 2 unspecified atom stereocenters. The fourth-order valence-electron chi connectivity index (χ4n) is 11.0. The highest BCUT2D eigenvalue weighted by molar-refractivity contribution is 7.15. The molecule has 3 aliphatic heterocycles. The lowest BCUT2D eigenvalue weighted by Crippen LogP contribution is -2.49. The van der Waals surface area contributed by atoms with Crippen LogP contribution in [0.1, 0.15) is 98.5 Å². The molecule has 4 aliphatic rings. The van der Waals surface area contributed by atoms with E-state index in [2.05, 4.69) is 133 Å². The topological polar surface area (TPSA) is 99.1 Å². The molecule has 11 rings (SSSR count). The number of oxazole rings is 1. The lowest BCUT2D eigenvalue weighted by molar-refractivity contribution is 0.201. The van der Waals surface area contributed by atoms with Crippen molar-refractivity contribution in [1.82, 2.24) is 24.6 Å². The van der Waals surface area contributed by atoms with Crippen LogP contribution >= 0.6 is 11.3 Å². The van der Waals surface area contributed by atoms with Crippen molar-refractivity contribution in [2.75, 3.05) is 55.6 Å². The van der Waals surface area contributed by atoms with Gasteiger partial charge in [0, 0.05) is 79.1 Å². The number of fused-ring (bicyclic) bond motifs is 4. The minimum absolute atomic E-state index is 0.274. The summed E-state index contributed by atoms with van der Waals surface area (Å²) in [5, 5.41) is 20.5. The van der Waals surface area contributed by atoms with Gasteiger partial charge in [0.05, 0.1) is 18.3 Å². The van der Waals surface area contributed by atoms with Crippen molar-refractivity contribution in [3.8, 4) is 10.8 Å². The van der Waals surface area contributed by atoms with Crippen molar-refractivity contribution in [2.45, 2.75) is 70.8 Å². The zero-order chi connectivity index (χ0) is 43.3. The van der Waals surface area contributed by atoms with Gasteiger partial charge in [-0.2, -0.15) is 0 Å². The van der Waals surface area contributed by atoms with Crippen LogP contribution in [0.2, 0.25) is 0 Å². The van der Waals surface area contributed by atoms with Gasteiger partial charge in [0.25, 0.3) is 0 Å². The van der Waals surface area contributed by atoms with Crippen LogP contribution in [0.5, 0.6) is 5.75 Å². The maximum Gasteiger partial charge on any atom is 0.196 e. The van der Waals surface area contributed by atoms with Gasteiger partial charge in [-0.3, -0.25) is 14.5 Å². The second-order valence-electron chi connectivity index (χ2n) is 18.3. The first-order valence-electron chi connectivity index (χ1n) is 23.1. The first kappa shape index (κ1) is 40.7. The number of phenols is 1. The number of benzene rings is 4. The number of aliphatic imine (C=N–C) groups is 1. The number of hydrogen-bond donors (Lipinski definition) is 1. The van der Waals surface area contributed by atoms with E-state index in [9.17, 15) is 5.11 Å². The molecule has 6 heterocycles.